The van der Waals surface area contributed by atoms with Gasteiger partial charge in [-0.3, -0.25) is 0 Å². The molecule has 0 unspecified atom stereocenters. The molecule has 0 saturated carbocycles. The number of hydrogen-bond acceptors (Lipinski definition) is 10. The Kier molecular flexibility index (Phi) is 6.53. The van der Waals surface area contributed by atoms with Crippen LogP contribution in [0.1, 0.15) is 13.8 Å². The second kappa shape index (κ2) is 7.87. The zero-order valence-electron chi connectivity index (χ0n) is 13.6. The monoisotopic (exact) mass is 354 g/mol. The minimum atomic E-state index is -1.82. The second-order valence-electron chi connectivity index (χ2n) is 6.42. The van der Waals surface area contributed by atoms with Crippen molar-refractivity contribution in [1.82, 2.24) is 0 Å². The van der Waals surface area contributed by atoms with E-state index in [-0.39, 0.29) is 19.3 Å². The van der Waals surface area contributed by atoms with Crippen LogP contribution in [-0.2, 0) is 18.9 Å². The van der Waals surface area contributed by atoms with Crippen molar-refractivity contribution in [2.45, 2.75) is 68.7 Å². The summed E-state index contributed by atoms with van der Waals surface area (Å²) in [6.45, 7) is 2.12. The fraction of sp³-hybridized carbons (Fsp3) is 1.00. The van der Waals surface area contributed by atoms with Crippen LogP contribution in [0.4, 0.5) is 0 Å². The van der Waals surface area contributed by atoms with E-state index in [4.69, 9.17) is 24.1 Å². The van der Waals surface area contributed by atoms with E-state index in [9.17, 15) is 25.5 Å². The molecule has 0 radical (unpaired) electrons. The molecular weight excluding hydrogens is 328 g/mol. The summed E-state index contributed by atoms with van der Waals surface area (Å²) >= 11 is 0. The standard InChI is InChI=1S/C14H26O10/c1-6(2)23-12-10(18)9(17)8(16)7(24-12)3-21-13-11(19)14(20,4-15)5-22-13/h6-13,15-20H,3-5H2,1-2H3/t7-,8-,9+,10-,11+,12-,13-,14-/m1/s1. The van der Waals surface area contributed by atoms with Crippen LogP contribution < -0.4 is 0 Å². The molecule has 2 heterocycles. The maximum Gasteiger partial charge on any atom is 0.186 e. The SMILES string of the molecule is CC(C)O[C@@H]1O[C@H](CO[C@@H]2OC[C@](O)(CO)[C@H]2O)[C@@H](O)[C@H](O)[C@H]1O. The largest absolute Gasteiger partial charge is 0.393 e. The van der Waals surface area contributed by atoms with Gasteiger partial charge in [0.25, 0.3) is 0 Å². The van der Waals surface area contributed by atoms with Gasteiger partial charge in [0.15, 0.2) is 12.6 Å². The Morgan fingerprint density at radius 3 is 2.29 bits per heavy atom. The molecule has 0 aliphatic carbocycles. The van der Waals surface area contributed by atoms with Gasteiger partial charge in [-0.15, -0.1) is 0 Å². The van der Waals surface area contributed by atoms with Gasteiger partial charge >= 0.3 is 0 Å². The minimum Gasteiger partial charge on any atom is -0.393 e. The highest BCUT2D eigenvalue weighted by Crippen LogP contribution is 2.27. The Bertz CT molecular complexity index is 407. The molecule has 2 aliphatic heterocycles. The van der Waals surface area contributed by atoms with E-state index >= 15 is 0 Å². The van der Waals surface area contributed by atoms with Crippen molar-refractivity contribution in [3.63, 3.8) is 0 Å². The average Bonchev–Trinajstić information content (AvgIpc) is 2.82. The van der Waals surface area contributed by atoms with Crippen LogP contribution in [0, 0.1) is 0 Å². The Hall–Kier alpha value is -0.400. The first-order valence-electron chi connectivity index (χ1n) is 7.79. The highest BCUT2D eigenvalue weighted by Gasteiger charge is 2.50. The normalized spacial score (nSPS) is 46.6. The summed E-state index contributed by atoms with van der Waals surface area (Å²) < 4.78 is 21.1. The molecule has 2 aliphatic rings. The summed E-state index contributed by atoms with van der Waals surface area (Å²) in [5.74, 6) is 0. The lowest BCUT2D eigenvalue weighted by Crippen LogP contribution is -2.60. The van der Waals surface area contributed by atoms with Gasteiger partial charge in [0.05, 0.1) is 25.9 Å². The molecule has 142 valence electrons. The average molecular weight is 354 g/mol. The number of hydrogen-bond donors (Lipinski definition) is 6. The molecule has 2 saturated heterocycles. The maximum absolute atomic E-state index is 9.99. The van der Waals surface area contributed by atoms with Crippen LogP contribution in [0.15, 0.2) is 0 Å². The van der Waals surface area contributed by atoms with Gasteiger partial charge in [0.1, 0.15) is 36.1 Å². The molecule has 0 aromatic rings. The third kappa shape index (κ3) is 4.05. The number of aliphatic hydroxyl groups excluding tert-OH is 5. The van der Waals surface area contributed by atoms with E-state index in [1.165, 1.54) is 0 Å². The van der Waals surface area contributed by atoms with Gasteiger partial charge in [-0.1, -0.05) is 0 Å². The maximum atomic E-state index is 9.99. The van der Waals surface area contributed by atoms with Crippen molar-refractivity contribution in [3.05, 3.63) is 0 Å². The van der Waals surface area contributed by atoms with Crippen LogP contribution in [0.5, 0.6) is 0 Å². The summed E-state index contributed by atoms with van der Waals surface area (Å²) in [6.07, 6.45) is -9.57. The summed E-state index contributed by atoms with van der Waals surface area (Å²) in [7, 11) is 0. The molecule has 0 spiro atoms. The lowest BCUT2D eigenvalue weighted by Gasteiger charge is -2.41. The van der Waals surface area contributed by atoms with E-state index < -0.39 is 55.3 Å². The van der Waals surface area contributed by atoms with Crippen LogP contribution >= 0.6 is 0 Å². The third-order valence-electron chi connectivity index (χ3n) is 4.08. The van der Waals surface area contributed by atoms with Gasteiger partial charge in [0, 0.05) is 0 Å². The highest BCUT2D eigenvalue weighted by molar-refractivity contribution is 4.94. The van der Waals surface area contributed by atoms with Crippen LogP contribution in [-0.4, -0.2) is 105 Å². The molecule has 6 N–H and O–H groups in total. The van der Waals surface area contributed by atoms with Crippen LogP contribution in [0.3, 0.4) is 0 Å². The van der Waals surface area contributed by atoms with E-state index in [2.05, 4.69) is 0 Å². The lowest BCUT2D eigenvalue weighted by atomic mass is 9.99. The fourth-order valence-corrected chi connectivity index (χ4v) is 2.56. The second-order valence-corrected chi connectivity index (χ2v) is 6.42. The highest BCUT2D eigenvalue weighted by atomic mass is 16.7. The molecule has 10 nitrogen and oxygen atoms in total. The van der Waals surface area contributed by atoms with Crippen molar-refractivity contribution < 1.29 is 49.6 Å². The lowest BCUT2D eigenvalue weighted by molar-refractivity contribution is -0.316. The zero-order valence-corrected chi connectivity index (χ0v) is 13.6. The quantitative estimate of drug-likeness (QED) is 0.285. The summed E-state index contributed by atoms with van der Waals surface area (Å²) in [6, 6.07) is 0. The molecule has 0 aromatic heterocycles. The molecule has 2 fully saturated rings. The molecular formula is C14H26O10. The van der Waals surface area contributed by atoms with E-state index in [1.54, 1.807) is 13.8 Å². The number of ether oxygens (including phenoxy) is 4. The van der Waals surface area contributed by atoms with Gasteiger partial charge in [-0.2, -0.15) is 0 Å². The topological polar surface area (TPSA) is 158 Å². The Morgan fingerprint density at radius 1 is 1.08 bits per heavy atom. The van der Waals surface area contributed by atoms with Crippen molar-refractivity contribution in [1.29, 1.82) is 0 Å². The van der Waals surface area contributed by atoms with Crippen LogP contribution in [0.2, 0.25) is 0 Å². The molecule has 24 heavy (non-hydrogen) atoms. The van der Waals surface area contributed by atoms with E-state index in [0.717, 1.165) is 0 Å². The van der Waals surface area contributed by atoms with E-state index in [0.29, 0.717) is 0 Å². The molecule has 2 rings (SSSR count). The molecule has 0 bridgehead atoms. The Balaban J connectivity index is 1.93. The summed E-state index contributed by atoms with van der Waals surface area (Å²) in [5, 5.41) is 58.6. The summed E-state index contributed by atoms with van der Waals surface area (Å²) in [4.78, 5) is 0. The van der Waals surface area contributed by atoms with Gasteiger partial charge < -0.3 is 49.6 Å². The summed E-state index contributed by atoms with van der Waals surface area (Å²) in [5.41, 5.74) is -1.82. The number of rotatable bonds is 6. The Labute approximate surface area is 139 Å². The van der Waals surface area contributed by atoms with Gasteiger partial charge in [-0.05, 0) is 13.8 Å². The minimum absolute atomic E-state index is 0.284. The number of aliphatic hydroxyl groups is 6. The molecule has 0 amide bonds. The zero-order chi connectivity index (χ0) is 18.1. The van der Waals surface area contributed by atoms with Crippen LogP contribution in [0.25, 0.3) is 0 Å². The van der Waals surface area contributed by atoms with Gasteiger partial charge in [0.2, 0.25) is 0 Å². The Morgan fingerprint density at radius 2 is 1.75 bits per heavy atom. The first-order chi connectivity index (χ1) is 11.2. The fourth-order valence-electron chi connectivity index (χ4n) is 2.56. The van der Waals surface area contributed by atoms with Crippen molar-refractivity contribution in [2.75, 3.05) is 19.8 Å². The van der Waals surface area contributed by atoms with Gasteiger partial charge in [-0.25, -0.2) is 0 Å². The molecule has 0 aromatic carbocycles. The predicted molar refractivity (Wildman–Crippen MR) is 76.6 cm³/mol. The van der Waals surface area contributed by atoms with Crippen molar-refractivity contribution in [3.8, 4) is 0 Å². The smallest absolute Gasteiger partial charge is 0.186 e. The predicted octanol–water partition coefficient (Wildman–Crippen LogP) is -3.32. The molecule has 10 heteroatoms. The third-order valence-corrected chi connectivity index (χ3v) is 4.08. The van der Waals surface area contributed by atoms with Crippen molar-refractivity contribution in [2.24, 2.45) is 0 Å². The van der Waals surface area contributed by atoms with Crippen molar-refractivity contribution >= 4 is 0 Å². The molecule has 8 atom stereocenters. The first kappa shape index (κ1) is 19.9. The first-order valence-corrected chi connectivity index (χ1v) is 7.79. The van der Waals surface area contributed by atoms with E-state index in [1.807, 2.05) is 0 Å².